The third kappa shape index (κ3) is 7.70. The number of likely N-dealkylation sites (tertiary alicyclic amines) is 1. The molecule has 3 fully saturated rings. The first-order valence-corrected chi connectivity index (χ1v) is 16.2. The maximum Gasteiger partial charge on any atom is 0.323 e. The fourth-order valence-corrected chi connectivity index (χ4v) is 7.42. The molecule has 3 aliphatic rings. The molecule has 2 saturated carbocycles. The smallest absolute Gasteiger partial charge is 0.323 e. The number of nitrogens with one attached hydrogen (secondary N) is 2. The molecule has 2 aromatic rings. The van der Waals surface area contributed by atoms with Crippen molar-refractivity contribution in [3.8, 4) is 5.75 Å². The van der Waals surface area contributed by atoms with Crippen LogP contribution in [0.2, 0.25) is 0 Å². The van der Waals surface area contributed by atoms with E-state index in [1.807, 2.05) is 30.3 Å². The molecule has 0 bridgehead atoms. The number of fused-ring (bicyclic) bond motifs is 1. The minimum Gasteiger partial charge on any atom is -0.495 e. The Bertz CT molecular complexity index is 1300. The van der Waals surface area contributed by atoms with Crippen LogP contribution >= 0.6 is 15.9 Å². The lowest BCUT2D eigenvalue weighted by molar-refractivity contribution is -0.148. The highest BCUT2D eigenvalue weighted by molar-refractivity contribution is 9.10. The van der Waals surface area contributed by atoms with Gasteiger partial charge in [0.1, 0.15) is 5.75 Å². The molecule has 1 aliphatic heterocycles. The Morgan fingerprint density at radius 1 is 0.930 bits per heavy atom. The van der Waals surface area contributed by atoms with Crippen molar-refractivity contribution >= 4 is 45.2 Å². The SMILES string of the molecule is COC(=O)C1CCC(OC[C@@H]2CC3CCCCC3N2C(=O)Cc2ccc(NC(=O)Nc3ccccc3Br)c(OC)c2)CC1. The molecule has 43 heavy (non-hydrogen) atoms. The number of anilines is 2. The number of amides is 3. The first-order valence-electron chi connectivity index (χ1n) is 15.4. The van der Waals surface area contributed by atoms with Gasteiger partial charge in [0.2, 0.25) is 5.91 Å². The number of hydrogen-bond acceptors (Lipinski definition) is 6. The van der Waals surface area contributed by atoms with E-state index in [4.69, 9.17) is 14.2 Å². The van der Waals surface area contributed by atoms with Crippen LogP contribution < -0.4 is 15.4 Å². The Hall–Kier alpha value is -3.11. The predicted octanol–water partition coefficient (Wildman–Crippen LogP) is 6.55. The molecule has 0 spiro atoms. The van der Waals surface area contributed by atoms with Gasteiger partial charge in [-0.05, 0) is 96.6 Å². The van der Waals surface area contributed by atoms with Crippen LogP contribution in [0.1, 0.15) is 63.4 Å². The van der Waals surface area contributed by atoms with Crippen LogP contribution in [0, 0.1) is 11.8 Å². The van der Waals surface area contributed by atoms with E-state index < -0.39 is 6.03 Å². The lowest BCUT2D eigenvalue weighted by atomic mass is 9.84. The predicted molar refractivity (Wildman–Crippen MR) is 168 cm³/mol. The highest BCUT2D eigenvalue weighted by Crippen LogP contribution is 2.41. The van der Waals surface area contributed by atoms with Crippen molar-refractivity contribution in [2.24, 2.45) is 11.8 Å². The number of urea groups is 1. The van der Waals surface area contributed by atoms with Gasteiger partial charge in [-0.3, -0.25) is 9.59 Å². The normalized spacial score (nSPS) is 25.0. The lowest BCUT2D eigenvalue weighted by Crippen LogP contribution is -2.46. The number of para-hydroxylation sites is 1. The molecule has 5 rings (SSSR count). The maximum atomic E-state index is 13.9. The summed E-state index contributed by atoms with van der Waals surface area (Å²) >= 11 is 3.44. The zero-order chi connectivity index (χ0) is 30.3. The first-order chi connectivity index (χ1) is 20.9. The van der Waals surface area contributed by atoms with Crippen LogP contribution in [0.5, 0.6) is 5.75 Å². The minimum atomic E-state index is -0.393. The average molecular weight is 657 g/mol. The van der Waals surface area contributed by atoms with E-state index >= 15 is 0 Å². The summed E-state index contributed by atoms with van der Waals surface area (Å²) in [5.41, 5.74) is 2.00. The van der Waals surface area contributed by atoms with Gasteiger partial charge in [-0.2, -0.15) is 0 Å². The quantitative estimate of drug-likeness (QED) is 0.297. The monoisotopic (exact) mass is 655 g/mol. The van der Waals surface area contributed by atoms with Gasteiger partial charge >= 0.3 is 12.0 Å². The van der Waals surface area contributed by atoms with Gasteiger partial charge < -0.3 is 29.7 Å². The van der Waals surface area contributed by atoms with E-state index in [0.29, 0.717) is 29.6 Å². The highest BCUT2D eigenvalue weighted by Gasteiger charge is 2.44. The second kappa shape index (κ2) is 14.6. The van der Waals surface area contributed by atoms with E-state index in [0.717, 1.165) is 61.4 Å². The molecule has 3 amide bonds. The fraction of sp³-hybridized carbons (Fsp3) is 0.545. The third-order valence-corrected chi connectivity index (χ3v) is 9.90. The highest BCUT2D eigenvalue weighted by atomic mass is 79.9. The van der Waals surface area contributed by atoms with Crippen molar-refractivity contribution < 1.29 is 28.6 Å². The Labute approximate surface area is 262 Å². The summed E-state index contributed by atoms with van der Waals surface area (Å²) < 4.78 is 17.7. The second-order valence-electron chi connectivity index (χ2n) is 11.9. The fourth-order valence-electron chi connectivity index (χ4n) is 7.03. The molecule has 232 valence electrons. The Kier molecular flexibility index (Phi) is 10.6. The van der Waals surface area contributed by atoms with Crippen molar-refractivity contribution in [3.05, 3.63) is 52.5 Å². The van der Waals surface area contributed by atoms with Gasteiger partial charge in [-0.15, -0.1) is 0 Å². The number of carbonyl (C=O) groups excluding carboxylic acids is 3. The topological polar surface area (TPSA) is 106 Å². The van der Waals surface area contributed by atoms with Crippen molar-refractivity contribution in [1.82, 2.24) is 4.90 Å². The minimum absolute atomic E-state index is 0.0312. The standard InChI is InChI=1S/C33H42BrN3O6/c1-41-30-17-21(11-16-28(30)36-33(40)35-27-9-5-4-8-26(27)34)18-31(38)37-24(19-23-7-3-6-10-29(23)37)20-43-25-14-12-22(13-15-25)32(39)42-2/h4-5,8-9,11,16-17,22-25,29H,3,6-7,10,12-15,18-20H2,1-2H3,(H2,35,36,40)/t22?,23?,24-,25?,29?/m0/s1. The average Bonchev–Trinajstić information content (AvgIpc) is 3.40. The van der Waals surface area contributed by atoms with E-state index in [1.54, 1.807) is 19.2 Å². The van der Waals surface area contributed by atoms with Crippen LogP contribution in [0.25, 0.3) is 0 Å². The van der Waals surface area contributed by atoms with Crippen molar-refractivity contribution in [3.63, 3.8) is 0 Å². The van der Waals surface area contributed by atoms with Gasteiger partial charge in [-0.25, -0.2) is 4.79 Å². The molecule has 1 heterocycles. The molecule has 0 aromatic heterocycles. The maximum absolute atomic E-state index is 13.9. The Morgan fingerprint density at radius 2 is 1.67 bits per heavy atom. The number of rotatable bonds is 9. The van der Waals surface area contributed by atoms with Crippen LogP contribution in [-0.2, 0) is 25.5 Å². The first kappa shape index (κ1) is 31.3. The summed E-state index contributed by atoms with van der Waals surface area (Å²) in [6.07, 6.45) is 9.16. The molecule has 2 aliphatic carbocycles. The summed E-state index contributed by atoms with van der Waals surface area (Å²) in [7, 11) is 3.00. The van der Waals surface area contributed by atoms with Gasteiger partial charge in [0, 0.05) is 10.5 Å². The molecule has 2 unspecified atom stereocenters. The van der Waals surface area contributed by atoms with Crippen molar-refractivity contribution in [2.75, 3.05) is 31.5 Å². The van der Waals surface area contributed by atoms with Gasteiger partial charge in [-0.1, -0.05) is 31.0 Å². The van der Waals surface area contributed by atoms with Gasteiger partial charge in [0.25, 0.3) is 0 Å². The molecule has 2 N–H and O–H groups in total. The molecule has 1 saturated heterocycles. The largest absolute Gasteiger partial charge is 0.495 e. The van der Waals surface area contributed by atoms with Crippen LogP contribution in [0.4, 0.5) is 16.2 Å². The van der Waals surface area contributed by atoms with Crippen molar-refractivity contribution in [1.29, 1.82) is 0 Å². The van der Waals surface area contributed by atoms with E-state index in [9.17, 15) is 14.4 Å². The molecule has 2 aromatic carbocycles. The number of methoxy groups -OCH3 is 2. The molecule has 9 nitrogen and oxygen atoms in total. The van der Waals surface area contributed by atoms with E-state index in [-0.39, 0.29) is 42.4 Å². The summed E-state index contributed by atoms with van der Waals surface area (Å²) in [6.45, 7) is 0.533. The summed E-state index contributed by atoms with van der Waals surface area (Å²) in [4.78, 5) is 40.5. The zero-order valence-corrected chi connectivity index (χ0v) is 26.6. The summed E-state index contributed by atoms with van der Waals surface area (Å²) in [5, 5.41) is 5.67. The van der Waals surface area contributed by atoms with E-state index in [2.05, 4.69) is 31.5 Å². The van der Waals surface area contributed by atoms with Gasteiger partial charge in [0.15, 0.2) is 0 Å². The third-order valence-electron chi connectivity index (χ3n) is 9.21. The number of halogens is 1. The summed E-state index contributed by atoms with van der Waals surface area (Å²) in [5.74, 6) is 0.958. The van der Waals surface area contributed by atoms with Gasteiger partial charge in [0.05, 0.1) is 56.7 Å². The number of esters is 1. The van der Waals surface area contributed by atoms with E-state index in [1.165, 1.54) is 13.5 Å². The van der Waals surface area contributed by atoms with Crippen LogP contribution in [-0.4, -0.2) is 61.8 Å². The second-order valence-corrected chi connectivity index (χ2v) is 12.8. The van der Waals surface area contributed by atoms with Crippen LogP contribution in [0.3, 0.4) is 0 Å². The van der Waals surface area contributed by atoms with Crippen LogP contribution in [0.15, 0.2) is 46.9 Å². The number of ether oxygens (including phenoxy) is 3. The molecular formula is C33H42BrN3O6. The molecule has 3 atom stereocenters. The Balaban J connectivity index is 1.21. The molecule has 10 heteroatoms. The number of hydrogen-bond donors (Lipinski definition) is 2. The number of benzene rings is 2. The Morgan fingerprint density at radius 3 is 2.42 bits per heavy atom. The molecule has 0 radical (unpaired) electrons. The summed E-state index contributed by atoms with van der Waals surface area (Å²) in [6, 6.07) is 12.8. The lowest BCUT2D eigenvalue weighted by Gasteiger charge is -2.35. The zero-order valence-electron chi connectivity index (χ0n) is 25.0. The molecular weight excluding hydrogens is 614 g/mol. The number of carbonyl (C=O) groups is 3. The number of nitrogens with zero attached hydrogens (tertiary/aromatic N) is 1. The van der Waals surface area contributed by atoms with Crippen molar-refractivity contribution in [2.45, 2.75) is 82.4 Å².